The Morgan fingerprint density at radius 2 is 2.06 bits per heavy atom. The van der Waals surface area contributed by atoms with Crippen molar-refractivity contribution in [2.75, 3.05) is 7.11 Å². The summed E-state index contributed by atoms with van der Waals surface area (Å²) in [5.74, 6) is 0.229. The van der Waals surface area contributed by atoms with Crippen LogP contribution in [0.5, 0.6) is 0 Å². The van der Waals surface area contributed by atoms with E-state index in [1.54, 1.807) is 7.11 Å². The fourth-order valence-corrected chi connectivity index (χ4v) is 5.44. The van der Waals surface area contributed by atoms with Crippen LogP contribution in [-0.4, -0.2) is 33.5 Å². The van der Waals surface area contributed by atoms with Gasteiger partial charge in [0, 0.05) is 52.8 Å². The number of hydrogen-bond acceptors (Lipinski definition) is 4. The van der Waals surface area contributed by atoms with E-state index in [1.165, 1.54) is 5.56 Å². The summed E-state index contributed by atoms with van der Waals surface area (Å²) in [6.45, 7) is 4.76. The highest BCUT2D eigenvalue weighted by molar-refractivity contribution is 6.20. The van der Waals surface area contributed by atoms with E-state index in [4.69, 9.17) is 4.84 Å². The summed E-state index contributed by atoms with van der Waals surface area (Å²) >= 11 is 0. The number of carbonyl (C=O) groups excluding carboxylic acids is 1. The number of amides is 1. The van der Waals surface area contributed by atoms with E-state index in [1.807, 2.05) is 17.9 Å². The highest BCUT2D eigenvalue weighted by Crippen LogP contribution is 2.45. The number of nitrogens with zero attached hydrogens (tertiary/aromatic N) is 3. The molecule has 0 bridgehead atoms. The lowest BCUT2D eigenvalue weighted by atomic mass is 9.82. The number of fused-ring (bicyclic) bond motifs is 10. The second-order valence-corrected chi connectivity index (χ2v) is 9.00. The van der Waals surface area contributed by atoms with Gasteiger partial charge < -0.3 is 15.1 Å². The molecule has 1 amide bonds. The molecule has 0 atom stereocenters. The van der Waals surface area contributed by atoms with Crippen molar-refractivity contribution in [3.63, 3.8) is 0 Å². The molecular formula is C25H25N5O2. The quantitative estimate of drug-likeness (QED) is 0.382. The van der Waals surface area contributed by atoms with Gasteiger partial charge >= 0.3 is 0 Å². The third-order valence-corrected chi connectivity index (χ3v) is 6.73. The van der Waals surface area contributed by atoms with Gasteiger partial charge in [-0.1, -0.05) is 25.1 Å². The molecule has 0 spiro atoms. The maximum atomic E-state index is 13.0. The molecule has 1 aliphatic carbocycles. The topological polar surface area (TPSA) is 84.3 Å². The van der Waals surface area contributed by atoms with Gasteiger partial charge in [0.15, 0.2) is 0 Å². The van der Waals surface area contributed by atoms with E-state index in [0.29, 0.717) is 6.54 Å². The third-order valence-electron chi connectivity index (χ3n) is 6.73. The first kappa shape index (κ1) is 19.1. The van der Waals surface area contributed by atoms with E-state index in [-0.39, 0.29) is 11.8 Å². The molecule has 7 heteroatoms. The van der Waals surface area contributed by atoms with Crippen molar-refractivity contribution in [2.24, 2.45) is 18.1 Å². The summed E-state index contributed by atoms with van der Waals surface area (Å²) in [7, 11) is 3.52. The Kier molecular flexibility index (Phi) is 4.00. The molecule has 6 rings (SSSR count). The van der Waals surface area contributed by atoms with Crippen LogP contribution in [0, 0.1) is 5.92 Å². The van der Waals surface area contributed by atoms with Crippen LogP contribution in [0.3, 0.4) is 0 Å². The highest BCUT2D eigenvalue weighted by atomic mass is 16.6. The van der Waals surface area contributed by atoms with E-state index < -0.39 is 0 Å². The Balaban J connectivity index is 1.71. The lowest BCUT2D eigenvalue weighted by Gasteiger charge is -2.19. The predicted octanol–water partition coefficient (Wildman–Crippen LogP) is 4.07. The number of aromatic nitrogens is 3. The minimum Gasteiger partial charge on any atom is -0.399 e. The van der Waals surface area contributed by atoms with Crippen LogP contribution in [0.4, 0.5) is 0 Å². The summed E-state index contributed by atoms with van der Waals surface area (Å²) in [4.78, 5) is 21.8. The molecule has 0 radical (unpaired) electrons. The maximum Gasteiger partial charge on any atom is 0.252 e. The van der Waals surface area contributed by atoms with Crippen LogP contribution in [0.1, 0.15) is 46.6 Å². The molecule has 0 saturated carbocycles. The first-order valence-electron chi connectivity index (χ1n) is 11.0. The van der Waals surface area contributed by atoms with Crippen LogP contribution in [0.2, 0.25) is 0 Å². The second-order valence-electron chi connectivity index (χ2n) is 9.00. The average Bonchev–Trinajstić information content (AvgIpc) is 3.45. The normalized spacial score (nSPS) is 15.3. The Labute approximate surface area is 185 Å². The fourth-order valence-electron chi connectivity index (χ4n) is 5.44. The molecule has 7 nitrogen and oxygen atoms in total. The number of nitrogens with one attached hydrogen (secondary N) is 2. The summed E-state index contributed by atoms with van der Waals surface area (Å²) in [6, 6.07) is 6.38. The van der Waals surface area contributed by atoms with Crippen molar-refractivity contribution in [3.8, 4) is 11.1 Å². The van der Waals surface area contributed by atoms with E-state index in [0.717, 1.165) is 73.9 Å². The number of benzene rings is 2. The first-order chi connectivity index (χ1) is 15.5. The van der Waals surface area contributed by atoms with Gasteiger partial charge in [0.1, 0.15) is 7.11 Å². The summed E-state index contributed by atoms with van der Waals surface area (Å²) in [6.07, 6.45) is 3.78. The van der Waals surface area contributed by atoms with Gasteiger partial charge in [-0.3, -0.25) is 9.48 Å². The highest BCUT2D eigenvalue weighted by Gasteiger charge is 2.34. The number of hydrogen-bond donors (Lipinski definition) is 2. The van der Waals surface area contributed by atoms with Gasteiger partial charge in [0.2, 0.25) is 0 Å². The minimum absolute atomic E-state index is 0.00386. The molecule has 162 valence electrons. The molecule has 2 aliphatic rings. The van der Waals surface area contributed by atoms with Crippen LogP contribution < -0.4 is 5.32 Å². The first-order valence-corrected chi connectivity index (χ1v) is 11.0. The monoisotopic (exact) mass is 427 g/mol. The largest absolute Gasteiger partial charge is 0.399 e. The molecule has 2 aromatic heterocycles. The van der Waals surface area contributed by atoms with E-state index >= 15 is 0 Å². The molecule has 32 heavy (non-hydrogen) atoms. The number of carbonyl (C=O) groups is 1. The SMILES string of the molecule is CO/N=C(/c1ccc2[nH]c3c4c(c5c(c3c2c1)CNC5=O)-c1cn(C)nc1CC4)C(C)C. The number of rotatable bonds is 3. The second kappa shape index (κ2) is 6.69. The third kappa shape index (κ3) is 2.51. The number of aryl methyl sites for hydroxylation is 3. The molecule has 2 aromatic carbocycles. The van der Waals surface area contributed by atoms with Crippen molar-refractivity contribution in [1.82, 2.24) is 20.1 Å². The van der Waals surface area contributed by atoms with Crippen molar-refractivity contribution < 1.29 is 9.63 Å². The molecule has 0 fully saturated rings. The number of H-pyrrole nitrogens is 1. The zero-order valence-electron chi connectivity index (χ0n) is 18.7. The molecule has 2 N–H and O–H groups in total. The summed E-state index contributed by atoms with van der Waals surface area (Å²) in [5.41, 5.74) is 10.4. The van der Waals surface area contributed by atoms with Gasteiger partial charge in [-0.25, -0.2) is 0 Å². The lowest BCUT2D eigenvalue weighted by Crippen LogP contribution is -2.15. The average molecular weight is 428 g/mol. The van der Waals surface area contributed by atoms with Gasteiger partial charge in [-0.15, -0.1) is 0 Å². The Morgan fingerprint density at radius 1 is 1.22 bits per heavy atom. The van der Waals surface area contributed by atoms with E-state index in [2.05, 4.69) is 52.6 Å². The van der Waals surface area contributed by atoms with E-state index in [9.17, 15) is 4.79 Å². The van der Waals surface area contributed by atoms with Crippen LogP contribution >= 0.6 is 0 Å². The summed E-state index contributed by atoms with van der Waals surface area (Å²) in [5, 5.41) is 14.2. The Bertz CT molecular complexity index is 1470. The van der Waals surface area contributed by atoms with Crippen molar-refractivity contribution in [3.05, 3.63) is 52.3 Å². The Hall–Kier alpha value is -3.61. The van der Waals surface area contributed by atoms with Crippen LogP contribution in [-0.2, 0) is 31.3 Å². The smallest absolute Gasteiger partial charge is 0.252 e. The summed E-state index contributed by atoms with van der Waals surface area (Å²) < 4.78 is 1.85. The van der Waals surface area contributed by atoms with Gasteiger partial charge in [-0.2, -0.15) is 5.10 Å². The minimum atomic E-state index is 0.00386. The fraction of sp³-hybridized carbons (Fsp3) is 0.320. The van der Waals surface area contributed by atoms with Crippen LogP contribution in [0.25, 0.3) is 32.9 Å². The lowest BCUT2D eigenvalue weighted by molar-refractivity contribution is 0.0966. The number of aromatic amines is 1. The predicted molar refractivity (Wildman–Crippen MR) is 125 cm³/mol. The maximum absolute atomic E-state index is 13.0. The zero-order chi connectivity index (χ0) is 22.1. The molecule has 4 aromatic rings. The van der Waals surface area contributed by atoms with Gasteiger partial charge in [0.05, 0.1) is 22.5 Å². The Morgan fingerprint density at radius 3 is 2.84 bits per heavy atom. The molecule has 3 heterocycles. The standard InChI is InChI=1S/C25H25N5O2/c1-12(2)23(29-32-4)13-5-7-18-15(9-13)21-16-10-26-25(31)22(16)20-14(24(21)27-18)6-8-19-17(20)11-30(3)28-19/h5,7,9,11-12,27H,6,8,10H2,1-4H3,(H,26,31)/b29-23+. The van der Waals surface area contributed by atoms with Gasteiger partial charge in [0.25, 0.3) is 5.91 Å². The van der Waals surface area contributed by atoms with Crippen molar-refractivity contribution in [2.45, 2.75) is 33.2 Å². The van der Waals surface area contributed by atoms with Crippen LogP contribution in [0.15, 0.2) is 29.6 Å². The molecule has 0 saturated heterocycles. The number of oxime groups is 1. The van der Waals surface area contributed by atoms with Gasteiger partial charge in [-0.05, 0) is 42.0 Å². The molecule has 0 unspecified atom stereocenters. The molecular weight excluding hydrogens is 402 g/mol. The zero-order valence-corrected chi connectivity index (χ0v) is 18.7. The van der Waals surface area contributed by atoms with Crippen molar-refractivity contribution in [1.29, 1.82) is 0 Å². The molecule has 1 aliphatic heterocycles. The van der Waals surface area contributed by atoms with Crippen molar-refractivity contribution >= 4 is 33.4 Å².